The van der Waals surface area contributed by atoms with Gasteiger partial charge in [-0.2, -0.15) is 0 Å². The first-order valence-corrected chi connectivity index (χ1v) is 5.34. The van der Waals surface area contributed by atoms with Crippen LogP contribution in [0, 0.1) is 0 Å². The van der Waals surface area contributed by atoms with Crippen molar-refractivity contribution >= 4 is 28.0 Å². The Morgan fingerprint density at radius 2 is 2.38 bits per heavy atom. The van der Waals surface area contributed by atoms with Gasteiger partial charge in [0.2, 0.25) is 11.3 Å². The summed E-state index contributed by atoms with van der Waals surface area (Å²) in [4.78, 5) is 1.01. The van der Waals surface area contributed by atoms with Gasteiger partial charge < -0.3 is 5.73 Å². The first kappa shape index (κ1) is 8.52. The van der Waals surface area contributed by atoms with Crippen LogP contribution in [-0.2, 0) is 6.54 Å². The van der Waals surface area contributed by atoms with Gasteiger partial charge in [0, 0.05) is 11.5 Å². The van der Waals surface area contributed by atoms with E-state index in [1.54, 1.807) is 0 Å². The van der Waals surface area contributed by atoms with Gasteiger partial charge >= 0.3 is 0 Å². The van der Waals surface area contributed by atoms with Gasteiger partial charge in [0.15, 0.2) is 16.4 Å². The molecule has 0 bridgehead atoms. The minimum Gasteiger partial charge on any atom is -0.374 e. The van der Waals surface area contributed by atoms with E-state index in [0.717, 1.165) is 16.4 Å². The number of nitrogen functional groups attached to an aromatic ring is 1. The lowest BCUT2D eigenvalue weighted by Gasteiger charge is -1.77. The highest BCUT2D eigenvalue weighted by Crippen LogP contribution is 2.25. The Morgan fingerprint density at radius 3 is 2.92 bits per heavy atom. The van der Waals surface area contributed by atoms with Gasteiger partial charge in [-0.15, -0.1) is 10.2 Å². The van der Waals surface area contributed by atoms with E-state index in [1.165, 1.54) is 22.9 Å². The molecule has 0 atom stereocenters. The van der Waals surface area contributed by atoms with Crippen LogP contribution in [-0.4, -0.2) is 14.7 Å². The lowest BCUT2D eigenvalue weighted by atomic mass is 10.6. The largest absolute Gasteiger partial charge is 0.374 e. The fourth-order valence-corrected chi connectivity index (χ4v) is 2.25. The van der Waals surface area contributed by atoms with E-state index in [2.05, 4.69) is 14.7 Å². The SMILES string of the molecule is CC[n+]1cc(-c2nnc(N)s2)sn1. The smallest absolute Gasteiger partial charge is 0.219 e. The highest BCUT2D eigenvalue weighted by molar-refractivity contribution is 7.21. The van der Waals surface area contributed by atoms with E-state index in [4.69, 9.17) is 5.73 Å². The molecular weight excluding hydrogens is 206 g/mol. The van der Waals surface area contributed by atoms with E-state index >= 15 is 0 Å². The summed E-state index contributed by atoms with van der Waals surface area (Å²) in [5, 5.41) is 9.01. The maximum atomic E-state index is 5.48. The molecule has 0 aliphatic rings. The molecule has 0 amide bonds. The summed E-state index contributed by atoms with van der Waals surface area (Å²) in [6, 6.07) is 0. The topological polar surface area (TPSA) is 68.6 Å². The van der Waals surface area contributed by atoms with Crippen LogP contribution in [0.25, 0.3) is 9.88 Å². The number of aryl methyl sites for hydroxylation is 1. The third kappa shape index (κ3) is 1.65. The van der Waals surface area contributed by atoms with Crippen molar-refractivity contribution in [3.63, 3.8) is 0 Å². The molecule has 2 aromatic rings. The van der Waals surface area contributed by atoms with Crippen molar-refractivity contribution in [1.82, 2.24) is 14.7 Å². The van der Waals surface area contributed by atoms with Crippen molar-refractivity contribution in [3.05, 3.63) is 6.20 Å². The first-order valence-electron chi connectivity index (χ1n) is 3.75. The van der Waals surface area contributed by atoms with Crippen LogP contribution >= 0.6 is 22.9 Å². The predicted octanol–water partition coefficient (Wildman–Crippen LogP) is 0.551. The highest BCUT2D eigenvalue weighted by atomic mass is 32.1. The summed E-state index contributed by atoms with van der Waals surface area (Å²) in [5.74, 6) is 0. The van der Waals surface area contributed by atoms with E-state index in [-0.39, 0.29) is 0 Å². The number of nitrogens with two attached hydrogens (primary N) is 1. The van der Waals surface area contributed by atoms with Gasteiger partial charge in [0.1, 0.15) is 0 Å². The molecule has 5 nitrogen and oxygen atoms in total. The van der Waals surface area contributed by atoms with Gasteiger partial charge in [-0.1, -0.05) is 16.0 Å². The van der Waals surface area contributed by atoms with E-state index < -0.39 is 0 Å². The average molecular weight is 214 g/mol. The number of aromatic nitrogens is 4. The Hall–Kier alpha value is -1.08. The van der Waals surface area contributed by atoms with Crippen molar-refractivity contribution in [2.24, 2.45) is 0 Å². The molecule has 0 aliphatic heterocycles. The third-order valence-corrected chi connectivity index (χ3v) is 3.19. The van der Waals surface area contributed by atoms with Crippen LogP contribution < -0.4 is 10.4 Å². The quantitative estimate of drug-likeness (QED) is 0.741. The van der Waals surface area contributed by atoms with Crippen LogP contribution in [0.3, 0.4) is 0 Å². The molecule has 2 heterocycles. The summed E-state index contributed by atoms with van der Waals surface area (Å²) in [5.41, 5.74) is 5.48. The molecule has 0 spiro atoms. The summed E-state index contributed by atoms with van der Waals surface area (Å²) in [6.07, 6.45) is 1.95. The van der Waals surface area contributed by atoms with Gasteiger partial charge in [-0.3, -0.25) is 0 Å². The fourth-order valence-electron chi connectivity index (χ4n) is 0.856. The van der Waals surface area contributed by atoms with Gasteiger partial charge in [0.25, 0.3) is 0 Å². The fraction of sp³-hybridized carbons (Fsp3) is 0.333. The Bertz CT molecular complexity index is 407. The Kier molecular flexibility index (Phi) is 2.19. The molecule has 0 fully saturated rings. The summed E-state index contributed by atoms with van der Waals surface area (Å²) >= 11 is 2.78. The Labute approximate surface area is 83.0 Å². The van der Waals surface area contributed by atoms with E-state index in [1.807, 2.05) is 17.8 Å². The number of rotatable bonds is 2. The molecule has 7 heteroatoms. The van der Waals surface area contributed by atoms with Gasteiger partial charge in [0.05, 0.1) is 4.49 Å². The zero-order valence-corrected chi connectivity index (χ0v) is 8.60. The minimum atomic E-state index is 0.492. The second kappa shape index (κ2) is 3.35. The zero-order chi connectivity index (χ0) is 9.26. The van der Waals surface area contributed by atoms with Crippen molar-refractivity contribution in [1.29, 1.82) is 0 Å². The van der Waals surface area contributed by atoms with Crippen LogP contribution in [0.5, 0.6) is 0 Å². The number of nitrogens with zero attached hydrogens (tertiary/aromatic N) is 4. The lowest BCUT2D eigenvalue weighted by molar-refractivity contribution is -0.743. The summed E-state index contributed by atoms with van der Waals surface area (Å²) < 4.78 is 6.04. The van der Waals surface area contributed by atoms with Crippen LogP contribution in [0.1, 0.15) is 6.92 Å². The van der Waals surface area contributed by atoms with E-state index in [9.17, 15) is 0 Å². The minimum absolute atomic E-state index is 0.492. The van der Waals surface area contributed by atoms with Gasteiger partial charge in [-0.25, -0.2) is 0 Å². The molecule has 2 N–H and O–H groups in total. The van der Waals surface area contributed by atoms with Crippen LogP contribution in [0.15, 0.2) is 6.20 Å². The second-order valence-corrected chi connectivity index (χ2v) is 4.16. The molecule has 2 rings (SSSR count). The molecule has 0 aromatic carbocycles. The standard InChI is InChI=1S/C6H8N5S2/c1-2-11-3-4(13-10-11)5-8-9-6(7)12-5/h3H,2H2,1H3,(H2,7,9)/q+1. The number of hydrogen-bond donors (Lipinski definition) is 1. The second-order valence-electron chi connectivity index (χ2n) is 2.37. The molecule has 2 aromatic heterocycles. The van der Waals surface area contributed by atoms with Crippen molar-refractivity contribution in [2.75, 3.05) is 5.73 Å². The summed E-state index contributed by atoms with van der Waals surface area (Å²) in [6.45, 7) is 2.91. The summed E-state index contributed by atoms with van der Waals surface area (Å²) in [7, 11) is 0. The number of anilines is 1. The maximum Gasteiger partial charge on any atom is 0.219 e. The maximum absolute atomic E-state index is 5.48. The van der Waals surface area contributed by atoms with Crippen molar-refractivity contribution in [2.45, 2.75) is 13.5 Å². The monoisotopic (exact) mass is 214 g/mol. The van der Waals surface area contributed by atoms with Crippen LogP contribution in [0.2, 0.25) is 0 Å². The number of hydrogen-bond acceptors (Lipinski definition) is 6. The normalized spacial score (nSPS) is 10.5. The average Bonchev–Trinajstić information content (AvgIpc) is 2.71. The molecule has 0 saturated heterocycles. The van der Waals surface area contributed by atoms with Gasteiger partial charge in [-0.05, 0) is 6.92 Å². The van der Waals surface area contributed by atoms with Crippen LogP contribution in [0.4, 0.5) is 5.13 Å². The Balaban J connectivity index is 2.35. The highest BCUT2D eigenvalue weighted by Gasteiger charge is 2.13. The molecule has 0 saturated carbocycles. The Morgan fingerprint density at radius 1 is 1.54 bits per heavy atom. The van der Waals surface area contributed by atoms with E-state index in [0.29, 0.717) is 5.13 Å². The first-order chi connectivity index (χ1) is 6.29. The molecule has 0 aliphatic carbocycles. The predicted molar refractivity (Wildman–Crippen MR) is 51.3 cm³/mol. The van der Waals surface area contributed by atoms with Crippen molar-refractivity contribution < 1.29 is 4.68 Å². The molecule has 0 radical (unpaired) electrons. The lowest BCUT2D eigenvalue weighted by Crippen LogP contribution is -2.32. The third-order valence-electron chi connectivity index (χ3n) is 1.49. The molecule has 0 unspecified atom stereocenters. The molecule has 13 heavy (non-hydrogen) atoms. The van der Waals surface area contributed by atoms with Crippen molar-refractivity contribution in [3.8, 4) is 9.88 Å². The molecular formula is C6H8N5S2+. The molecule has 68 valence electrons. The zero-order valence-electron chi connectivity index (χ0n) is 6.97.